The molecule has 0 bridgehead atoms. The number of furan rings is 1. The SMILES string of the molecule is CC(C)Cc1cc(-c2[c-]cccc2)ncc1[Si](C)(C)C.Cc1cc(-c2[c-]ccc3c2oc2cc(-c4cccc5c4sc4ccccc45)ccc23)ncc1-c1ccccc1.[Ir]. The molecule has 0 unspecified atom stereocenters. The Morgan fingerprint density at radius 2 is 1.42 bits per heavy atom. The maximum Gasteiger partial charge on any atom is 0.121 e. The first-order valence-electron chi connectivity index (χ1n) is 20.4. The molecule has 0 spiro atoms. The van der Waals surface area contributed by atoms with Crippen molar-refractivity contribution < 1.29 is 24.5 Å². The Morgan fingerprint density at radius 1 is 0.650 bits per heavy atom. The van der Waals surface area contributed by atoms with Crippen LogP contribution in [0.3, 0.4) is 0 Å². The molecule has 0 amide bonds. The minimum absolute atomic E-state index is 0. The first-order chi connectivity index (χ1) is 28.6. The average Bonchev–Trinajstić information content (AvgIpc) is 3.82. The Hall–Kier alpha value is -5.49. The van der Waals surface area contributed by atoms with Crippen LogP contribution in [-0.4, -0.2) is 18.0 Å². The summed E-state index contributed by atoms with van der Waals surface area (Å²) < 4.78 is 9.18. The number of aromatic nitrogens is 2. The summed E-state index contributed by atoms with van der Waals surface area (Å²) >= 11 is 1.85. The number of thiophene rings is 1. The van der Waals surface area contributed by atoms with Gasteiger partial charge in [-0.3, -0.25) is 0 Å². The normalized spacial score (nSPS) is 11.6. The van der Waals surface area contributed by atoms with E-state index in [-0.39, 0.29) is 20.1 Å². The number of hydrogen-bond donors (Lipinski definition) is 0. The molecular weight excluding hydrogens is 945 g/mol. The Morgan fingerprint density at radius 3 is 2.18 bits per heavy atom. The summed E-state index contributed by atoms with van der Waals surface area (Å²) in [4.78, 5) is 9.52. The molecule has 0 fully saturated rings. The van der Waals surface area contributed by atoms with Crippen LogP contribution >= 0.6 is 11.3 Å². The molecule has 0 aliphatic heterocycles. The summed E-state index contributed by atoms with van der Waals surface area (Å²) in [6, 6.07) is 55.4. The second kappa shape index (κ2) is 17.2. The van der Waals surface area contributed by atoms with E-state index in [1.54, 1.807) is 0 Å². The summed E-state index contributed by atoms with van der Waals surface area (Å²) in [5.74, 6) is 0.667. The molecule has 60 heavy (non-hydrogen) atoms. The number of aryl methyl sites for hydroxylation is 1. The van der Waals surface area contributed by atoms with Gasteiger partial charge in [-0.15, -0.1) is 65.4 Å². The van der Waals surface area contributed by atoms with Gasteiger partial charge in [-0.1, -0.05) is 141 Å². The fraction of sp³-hybridized carbons (Fsp3) is 0.148. The predicted octanol–water partition coefficient (Wildman–Crippen LogP) is 14.7. The van der Waals surface area contributed by atoms with Crippen LogP contribution in [0.4, 0.5) is 0 Å². The molecular formula is C54H46IrN2OSSi-2. The summed E-state index contributed by atoms with van der Waals surface area (Å²) in [5.41, 5.74) is 12.9. The van der Waals surface area contributed by atoms with Crippen molar-refractivity contribution in [1.29, 1.82) is 0 Å². The molecule has 0 saturated carbocycles. The van der Waals surface area contributed by atoms with Crippen molar-refractivity contribution in [3.8, 4) is 44.8 Å². The summed E-state index contributed by atoms with van der Waals surface area (Å²) in [6.45, 7) is 13.9. The quantitative estimate of drug-likeness (QED) is 0.118. The molecule has 1 radical (unpaired) electrons. The zero-order valence-electron chi connectivity index (χ0n) is 34.8. The van der Waals surface area contributed by atoms with Crippen LogP contribution in [0.25, 0.3) is 86.9 Å². The molecule has 299 valence electrons. The molecule has 4 aromatic heterocycles. The van der Waals surface area contributed by atoms with Gasteiger partial charge in [-0.25, -0.2) is 0 Å². The minimum Gasteiger partial charge on any atom is -0.501 e. The van der Waals surface area contributed by atoms with E-state index in [0.29, 0.717) is 5.92 Å². The number of hydrogen-bond acceptors (Lipinski definition) is 4. The van der Waals surface area contributed by atoms with Crippen LogP contribution in [0.2, 0.25) is 19.6 Å². The van der Waals surface area contributed by atoms with Crippen LogP contribution in [-0.2, 0) is 26.5 Å². The first kappa shape index (κ1) is 41.2. The number of fused-ring (bicyclic) bond motifs is 6. The molecule has 6 aromatic carbocycles. The molecule has 0 atom stereocenters. The van der Waals surface area contributed by atoms with Gasteiger partial charge in [0.05, 0.1) is 13.7 Å². The monoisotopic (exact) mass is 991 g/mol. The molecule has 0 aliphatic carbocycles. The van der Waals surface area contributed by atoms with Crippen molar-refractivity contribution >= 4 is 66.7 Å². The van der Waals surface area contributed by atoms with Gasteiger partial charge in [0.15, 0.2) is 0 Å². The Labute approximate surface area is 371 Å². The zero-order valence-corrected chi connectivity index (χ0v) is 39.0. The van der Waals surface area contributed by atoms with E-state index < -0.39 is 8.07 Å². The van der Waals surface area contributed by atoms with E-state index in [4.69, 9.17) is 9.40 Å². The third-order valence-electron chi connectivity index (χ3n) is 11.0. The van der Waals surface area contributed by atoms with Crippen molar-refractivity contribution in [2.45, 2.75) is 46.8 Å². The van der Waals surface area contributed by atoms with E-state index in [2.05, 4.69) is 173 Å². The van der Waals surface area contributed by atoms with Crippen molar-refractivity contribution in [3.63, 3.8) is 0 Å². The fourth-order valence-corrected chi connectivity index (χ4v) is 11.0. The molecule has 4 heterocycles. The summed E-state index contributed by atoms with van der Waals surface area (Å²) in [5, 5.41) is 6.29. The van der Waals surface area contributed by atoms with Crippen molar-refractivity contribution in [1.82, 2.24) is 9.97 Å². The molecule has 10 aromatic rings. The molecule has 10 rings (SSSR count). The Kier molecular flexibility index (Phi) is 11.9. The molecule has 3 nitrogen and oxygen atoms in total. The van der Waals surface area contributed by atoms with Crippen LogP contribution in [0.1, 0.15) is 25.0 Å². The second-order valence-electron chi connectivity index (χ2n) is 16.8. The van der Waals surface area contributed by atoms with E-state index in [1.165, 1.54) is 47.6 Å². The fourth-order valence-electron chi connectivity index (χ4n) is 8.17. The van der Waals surface area contributed by atoms with Crippen LogP contribution < -0.4 is 5.19 Å². The maximum atomic E-state index is 6.56. The number of nitrogens with zero attached hydrogens (tertiary/aromatic N) is 2. The smallest absolute Gasteiger partial charge is 0.121 e. The van der Waals surface area contributed by atoms with E-state index in [1.807, 2.05) is 47.9 Å². The van der Waals surface area contributed by atoms with Crippen LogP contribution in [0.15, 0.2) is 156 Å². The predicted molar refractivity (Wildman–Crippen MR) is 254 cm³/mol. The first-order valence-corrected chi connectivity index (χ1v) is 24.7. The van der Waals surface area contributed by atoms with Gasteiger partial charge in [-0.2, -0.15) is 0 Å². The van der Waals surface area contributed by atoms with Crippen molar-refractivity contribution in [2.75, 3.05) is 0 Å². The average molecular weight is 991 g/mol. The van der Waals surface area contributed by atoms with E-state index in [0.717, 1.165) is 62.0 Å². The minimum atomic E-state index is -1.34. The zero-order chi connectivity index (χ0) is 40.7. The van der Waals surface area contributed by atoms with E-state index in [9.17, 15) is 0 Å². The van der Waals surface area contributed by atoms with Gasteiger partial charge in [0.2, 0.25) is 0 Å². The molecule has 6 heteroatoms. The Balaban J connectivity index is 0.000000202. The van der Waals surface area contributed by atoms with Gasteiger partial charge in [0.1, 0.15) is 5.58 Å². The van der Waals surface area contributed by atoms with Gasteiger partial charge in [0.25, 0.3) is 0 Å². The molecule has 0 saturated heterocycles. The molecule has 0 aliphatic rings. The summed E-state index contributed by atoms with van der Waals surface area (Å²) in [7, 11) is -1.34. The van der Waals surface area contributed by atoms with Gasteiger partial charge < -0.3 is 14.4 Å². The third-order valence-corrected chi connectivity index (χ3v) is 14.3. The molecule has 0 N–H and O–H groups in total. The third kappa shape index (κ3) is 8.18. The van der Waals surface area contributed by atoms with Gasteiger partial charge in [0, 0.05) is 63.6 Å². The number of pyridine rings is 2. The van der Waals surface area contributed by atoms with Crippen molar-refractivity contribution in [2.24, 2.45) is 5.92 Å². The summed E-state index contributed by atoms with van der Waals surface area (Å²) in [6.07, 6.45) is 5.20. The van der Waals surface area contributed by atoms with E-state index >= 15 is 0 Å². The maximum absolute atomic E-state index is 6.56. The van der Waals surface area contributed by atoms with Gasteiger partial charge >= 0.3 is 0 Å². The second-order valence-corrected chi connectivity index (χ2v) is 22.9. The van der Waals surface area contributed by atoms with Crippen LogP contribution in [0.5, 0.6) is 0 Å². The van der Waals surface area contributed by atoms with Gasteiger partial charge in [-0.05, 0) is 70.2 Å². The number of benzene rings is 6. The Bertz CT molecular complexity index is 3110. The largest absolute Gasteiger partial charge is 0.501 e. The van der Waals surface area contributed by atoms with Crippen LogP contribution in [0, 0.1) is 25.0 Å². The standard InChI is InChI=1S/C36H22NOS.C18H24NSi.Ir/c1-22-19-32(37-21-31(22)23-9-3-2-4-10-23)30-15-8-13-28-26-18-17-24(20-33(26)38-35(28)30)25-12-7-14-29-27-11-5-6-16-34(27)39-36(25)29;1-14(2)11-16-12-17(15-9-7-6-8-10-15)19-13-18(16)20(3,4)5;/h2-14,16-21H,1H3;6-9,12-14H,11H2,1-5H3;/q2*-1;. The topological polar surface area (TPSA) is 38.9 Å². The number of rotatable bonds is 7. The van der Waals surface area contributed by atoms with Crippen molar-refractivity contribution in [3.05, 3.63) is 175 Å².